The molecule has 0 aliphatic rings. The molecule has 4 aromatic rings. The second kappa shape index (κ2) is 6.93. The first-order valence-corrected chi connectivity index (χ1v) is 8.65. The molecule has 0 radical (unpaired) electrons. The third-order valence-electron chi connectivity index (χ3n) is 3.64. The van der Waals surface area contributed by atoms with Crippen molar-refractivity contribution in [3.63, 3.8) is 0 Å². The number of aromatic nitrogens is 3. The first-order valence-electron chi connectivity index (χ1n) is 7.77. The molecule has 0 aliphatic heterocycles. The topological polar surface area (TPSA) is 73.0 Å². The molecule has 4 rings (SSSR count). The third-order valence-corrected chi connectivity index (χ3v) is 4.50. The van der Waals surface area contributed by atoms with Crippen LogP contribution in [0.15, 0.2) is 64.8 Å². The minimum Gasteiger partial charge on any atom is -0.472 e. The SMILES string of the molecule is O=C(NCc1ccoc1)c1nc(-c2cccs2)n(-c2cccc(F)c2)n1. The molecule has 26 heavy (non-hydrogen) atoms. The van der Waals surface area contributed by atoms with E-state index >= 15 is 0 Å². The molecule has 3 heterocycles. The molecule has 0 bridgehead atoms. The van der Waals surface area contributed by atoms with E-state index in [1.54, 1.807) is 24.5 Å². The monoisotopic (exact) mass is 368 g/mol. The molecular formula is C18H13FN4O2S. The summed E-state index contributed by atoms with van der Waals surface area (Å²) in [6.07, 6.45) is 3.09. The largest absolute Gasteiger partial charge is 0.472 e. The van der Waals surface area contributed by atoms with E-state index in [1.165, 1.54) is 34.4 Å². The second-order valence-electron chi connectivity index (χ2n) is 5.44. The number of carbonyl (C=O) groups excluding carboxylic acids is 1. The van der Waals surface area contributed by atoms with Crippen molar-refractivity contribution in [2.24, 2.45) is 0 Å². The van der Waals surface area contributed by atoms with E-state index in [-0.39, 0.29) is 11.6 Å². The summed E-state index contributed by atoms with van der Waals surface area (Å²) in [6.45, 7) is 0.304. The highest BCUT2D eigenvalue weighted by Gasteiger charge is 2.19. The number of thiophene rings is 1. The van der Waals surface area contributed by atoms with Gasteiger partial charge in [-0.15, -0.1) is 16.4 Å². The molecule has 0 saturated heterocycles. The van der Waals surface area contributed by atoms with Crippen molar-refractivity contribution < 1.29 is 13.6 Å². The highest BCUT2D eigenvalue weighted by Crippen LogP contribution is 2.25. The fourth-order valence-corrected chi connectivity index (χ4v) is 3.11. The number of furan rings is 1. The number of hydrogen-bond donors (Lipinski definition) is 1. The van der Waals surface area contributed by atoms with Crippen LogP contribution in [0.25, 0.3) is 16.4 Å². The van der Waals surface area contributed by atoms with E-state index in [4.69, 9.17) is 4.42 Å². The molecule has 0 saturated carbocycles. The lowest BCUT2D eigenvalue weighted by Crippen LogP contribution is -2.24. The smallest absolute Gasteiger partial charge is 0.291 e. The highest BCUT2D eigenvalue weighted by atomic mass is 32.1. The molecule has 0 unspecified atom stereocenters. The summed E-state index contributed by atoms with van der Waals surface area (Å²) < 4.78 is 20.1. The predicted octanol–water partition coefficient (Wildman–Crippen LogP) is 3.66. The van der Waals surface area contributed by atoms with Gasteiger partial charge < -0.3 is 9.73 Å². The summed E-state index contributed by atoms with van der Waals surface area (Å²) in [7, 11) is 0. The van der Waals surface area contributed by atoms with Crippen LogP contribution in [-0.4, -0.2) is 20.7 Å². The van der Waals surface area contributed by atoms with Gasteiger partial charge in [0.15, 0.2) is 5.82 Å². The highest BCUT2D eigenvalue weighted by molar-refractivity contribution is 7.13. The molecule has 3 aromatic heterocycles. The number of nitrogens with zero attached hydrogens (tertiary/aromatic N) is 3. The van der Waals surface area contributed by atoms with Crippen LogP contribution in [-0.2, 0) is 6.54 Å². The Kier molecular flexibility index (Phi) is 4.32. The number of rotatable bonds is 5. The zero-order valence-electron chi connectivity index (χ0n) is 13.4. The maximum absolute atomic E-state index is 13.6. The summed E-state index contributed by atoms with van der Waals surface area (Å²) >= 11 is 1.46. The molecule has 0 atom stereocenters. The molecule has 130 valence electrons. The molecule has 1 aromatic carbocycles. The van der Waals surface area contributed by atoms with Crippen LogP contribution in [0.3, 0.4) is 0 Å². The molecule has 6 nitrogen and oxygen atoms in total. The van der Waals surface area contributed by atoms with Gasteiger partial charge in [0.1, 0.15) is 5.82 Å². The Morgan fingerprint density at radius 2 is 2.19 bits per heavy atom. The number of hydrogen-bond acceptors (Lipinski definition) is 5. The van der Waals surface area contributed by atoms with Gasteiger partial charge in [0, 0.05) is 12.1 Å². The standard InChI is InChI=1S/C18H13FN4O2S/c19-13-3-1-4-14(9-13)23-17(15-5-2-8-26-15)21-16(22-23)18(24)20-10-12-6-7-25-11-12/h1-9,11H,10H2,(H,20,24). The molecule has 0 fully saturated rings. The number of benzene rings is 1. The third kappa shape index (κ3) is 3.27. The Labute approximate surface area is 151 Å². The van der Waals surface area contributed by atoms with Gasteiger partial charge in [0.25, 0.3) is 5.91 Å². The van der Waals surface area contributed by atoms with Gasteiger partial charge in [-0.3, -0.25) is 4.79 Å². The number of halogens is 1. The molecule has 0 aliphatic carbocycles. The van der Waals surface area contributed by atoms with Crippen molar-refractivity contribution in [1.29, 1.82) is 0 Å². The Morgan fingerprint density at radius 1 is 1.27 bits per heavy atom. The van der Waals surface area contributed by atoms with Crippen LogP contribution in [0, 0.1) is 5.82 Å². The van der Waals surface area contributed by atoms with Crippen molar-refractivity contribution in [1.82, 2.24) is 20.1 Å². The Bertz CT molecular complexity index is 1030. The first kappa shape index (κ1) is 16.2. The first-order chi connectivity index (χ1) is 12.7. The summed E-state index contributed by atoms with van der Waals surface area (Å²) in [6, 6.07) is 11.5. The van der Waals surface area contributed by atoms with Crippen LogP contribution < -0.4 is 5.32 Å². The molecule has 1 N–H and O–H groups in total. The van der Waals surface area contributed by atoms with E-state index in [1.807, 2.05) is 17.5 Å². The van der Waals surface area contributed by atoms with E-state index < -0.39 is 5.91 Å². The molecule has 0 spiro atoms. The van der Waals surface area contributed by atoms with Crippen LogP contribution in [0.1, 0.15) is 16.2 Å². The lowest BCUT2D eigenvalue weighted by atomic mass is 10.3. The van der Waals surface area contributed by atoms with Gasteiger partial charge in [-0.25, -0.2) is 14.1 Å². The van der Waals surface area contributed by atoms with Crippen LogP contribution in [0.4, 0.5) is 4.39 Å². The lowest BCUT2D eigenvalue weighted by molar-refractivity contribution is 0.0940. The summed E-state index contributed by atoms with van der Waals surface area (Å²) in [5.41, 5.74) is 1.33. The molecule has 8 heteroatoms. The lowest BCUT2D eigenvalue weighted by Gasteiger charge is -2.04. The minimum absolute atomic E-state index is 0.0150. The predicted molar refractivity (Wildman–Crippen MR) is 94.5 cm³/mol. The van der Waals surface area contributed by atoms with Gasteiger partial charge in [-0.05, 0) is 35.7 Å². The zero-order valence-corrected chi connectivity index (χ0v) is 14.2. The minimum atomic E-state index is -0.417. The van der Waals surface area contributed by atoms with Crippen molar-refractivity contribution in [3.8, 4) is 16.4 Å². The Balaban J connectivity index is 1.68. The maximum Gasteiger partial charge on any atom is 0.291 e. The summed E-state index contributed by atoms with van der Waals surface area (Å²) in [5.74, 6) is -0.305. The van der Waals surface area contributed by atoms with Gasteiger partial charge in [0.05, 0.1) is 23.1 Å². The number of nitrogens with one attached hydrogen (secondary N) is 1. The van der Waals surface area contributed by atoms with Gasteiger partial charge in [-0.2, -0.15) is 0 Å². The summed E-state index contributed by atoms with van der Waals surface area (Å²) in [5, 5.41) is 8.93. The second-order valence-corrected chi connectivity index (χ2v) is 6.39. The van der Waals surface area contributed by atoms with Gasteiger partial charge >= 0.3 is 0 Å². The van der Waals surface area contributed by atoms with E-state index in [0.29, 0.717) is 18.1 Å². The van der Waals surface area contributed by atoms with Crippen LogP contribution in [0.2, 0.25) is 0 Å². The van der Waals surface area contributed by atoms with Gasteiger partial charge in [0.2, 0.25) is 5.82 Å². The van der Waals surface area contributed by atoms with Crippen LogP contribution >= 0.6 is 11.3 Å². The average Bonchev–Trinajstić information content (AvgIpc) is 3.40. The van der Waals surface area contributed by atoms with E-state index in [0.717, 1.165) is 10.4 Å². The molecular weight excluding hydrogens is 355 g/mol. The van der Waals surface area contributed by atoms with Crippen LogP contribution in [0.5, 0.6) is 0 Å². The summed E-state index contributed by atoms with van der Waals surface area (Å²) in [4.78, 5) is 17.6. The number of amides is 1. The van der Waals surface area contributed by atoms with E-state index in [2.05, 4.69) is 15.4 Å². The zero-order chi connectivity index (χ0) is 17.9. The van der Waals surface area contributed by atoms with Gasteiger partial charge in [-0.1, -0.05) is 12.1 Å². The maximum atomic E-state index is 13.6. The van der Waals surface area contributed by atoms with E-state index in [9.17, 15) is 9.18 Å². The average molecular weight is 368 g/mol. The Hall–Kier alpha value is -3.26. The fourth-order valence-electron chi connectivity index (χ4n) is 2.42. The molecule has 1 amide bonds. The normalized spacial score (nSPS) is 10.8. The van der Waals surface area contributed by atoms with Crippen molar-refractivity contribution in [3.05, 3.63) is 77.6 Å². The Morgan fingerprint density at radius 3 is 2.92 bits per heavy atom. The quantitative estimate of drug-likeness (QED) is 0.583. The van der Waals surface area contributed by atoms with Crippen molar-refractivity contribution in [2.45, 2.75) is 6.54 Å². The fraction of sp³-hybridized carbons (Fsp3) is 0.0556. The van der Waals surface area contributed by atoms with Crippen molar-refractivity contribution in [2.75, 3.05) is 0 Å². The number of carbonyl (C=O) groups is 1. The van der Waals surface area contributed by atoms with Crippen molar-refractivity contribution >= 4 is 17.2 Å².